The third-order valence-electron chi connectivity index (χ3n) is 4.54. The molecule has 3 aromatic carbocycles. The zero-order valence-electron chi connectivity index (χ0n) is 14.9. The van der Waals surface area contributed by atoms with Crippen molar-refractivity contribution >= 4 is 5.69 Å². The van der Waals surface area contributed by atoms with Crippen LogP contribution >= 0.6 is 0 Å². The third kappa shape index (κ3) is 4.03. The minimum absolute atomic E-state index is 0.382. The van der Waals surface area contributed by atoms with Crippen LogP contribution in [0.5, 0.6) is 0 Å². The number of hydrogen-bond acceptors (Lipinski definition) is 2. The summed E-state index contributed by atoms with van der Waals surface area (Å²) >= 11 is 0. The van der Waals surface area contributed by atoms with E-state index in [4.69, 9.17) is 6.42 Å². The summed E-state index contributed by atoms with van der Waals surface area (Å²) in [7, 11) is 0. The van der Waals surface area contributed by atoms with Crippen LogP contribution in [0.3, 0.4) is 0 Å². The molecule has 0 aliphatic carbocycles. The Morgan fingerprint density at radius 2 is 1.32 bits per heavy atom. The molecule has 0 spiro atoms. The highest BCUT2D eigenvalue weighted by molar-refractivity contribution is 5.64. The van der Waals surface area contributed by atoms with Crippen LogP contribution in [-0.2, 0) is 11.7 Å². The summed E-state index contributed by atoms with van der Waals surface area (Å²) in [4.78, 5) is 0. The summed E-state index contributed by atoms with van der Waals surface area (Å²) in [5, 5.41) is 13.0. The topological polar surface area (TPSA) is 32.3 Å². The second-order valence-corrected chi connectivity index (χ2v) is 6.35. The van der Waals surface area contributed by atoms with Crippen LogP contribution in [0.25, 0.3) is 11.1 Å². The predicted molar refractivity (Wildman–Crippen MR) is 105 cm³/mol. The monoisotopic (exact) mass is 381 g/mol. The second-order valence-electron chi connectivity index (χ2n) is 6.35. The molecule has 3 aromatic rings. The standard InChI is InChI=1S/C23H18F3NO/c1-2-22(16-28,27-21-14-12-20(13-15-21)23(24,25)26)19-10-8-18(9-11-19)17-6-4-3-5-7-17/h1,3-15,27-28H,16H2/t22-/m1/s1. The van der Waals surface area contributed by atoms with Crippen molar-refractivity contribution in [2.75, 3.05) is 11.9 Å². The summed E-state index contributed by atoms with van der Waals surface area (Å²) in [5.74, 6) is 2.55. The molecule has 0 radical (unpaired) electrons. The van der Waals surface area contributed by atoms with Crippen LogP contribution in [0.2, 0.25) is 0 Å². The van der Waals surface area contributed by atoms with E-state index >= 15 is 0 Å². The van der Waals surface area contributed by atoms with Crippen LogP contribution in [-0.4, -0.2) is 11.7 Å². The Balaban J connectivity index is 1.89. The smallest absolute Gasteiger partial charge is 0.393 e. The lowest BCUT2D eigenvalue weighted by molar-refractivity contribution is -0.137. The number of anilines is 1. The van der Waals surface area contributed by atoms with Crippen molar-refractivity contribution in [3.8, 4) is 23.5 Å². The maximum absolute atomic E-state index is 12.7. The highest BCUT2D eigenvalue weighted by Gasteiger charge is 2.32. The van der Waals surface area contributed by atoms with Gasteiger partial charge >= 0.3 is 6.18 Å². The van der Waals surface area contributed by atoms with Crippen molar-refractivity contribution < 1.29 is 18.3 Å². The van der Waals surface area contributed by atoms with E-state index in [9.17, 15) is 18.3 Å². The normalized spacial score (nSPS) is 13.4. The van der Waals surface area contributed by atoms with Crippen molar-refractivity contribution in [1.82, 2.24) is 0 Å². The lowest BCUT2D eigenvalue weighted by Gasteiger charge is -2.29. The SMILES string of the molecule is C#C[C@](CO)(Nc1ccc(C(F)(F)F)cc1)c1ccc(-c2ccccc2)cc1. The number of aliphatic hydroxyl groups is 1. The quantitative estimate of drug-likeness (QED) is 0.588. The molecule has 2 nitrogen and oxygen atoms in total. The number of alkyl halides is 3. The van der Waals surface area contributed by atoms with E-state index in [2.05, 4.69) is 11.2 Å². The number of halogens is 3. The molecule has 5 heteroatoms. The molecule has 0 heterocycles. The third-order valence-corrected chi connectivity index (χ3v) is 4.54. The van der Waals surface area contributed by atoms with Gasteiger partial charge < -0.3 is 10.4 Å². The fraction of sp³-hybridized carbons (Fsp3) is 0.130. The maximum atomic E-state index is 12.7. The molecule has 0 amide bonds. The summed E-state index contributed by atoms with van der Waals surface area (Å²) < 4.78 is 38.2. The first-order valence-electron chi connectivity index (χ1n) is 8.58. The minimum atomic E-state index is -4.41. The minimum Gasteiger partial charge on any atom is -0.393 e. The van der Waals surface area contributed by atoms with Gasteiger partial charge in [-0.2, -0.15) is 13.2 Å². The van der Waals surface area contributed by atoms with Gasteiger partial charge in [0.15, 0.2) is 0 Å². The Morgan fingerprint density at radius 1 is 0.786 bits per heavy atom. The summed E-state index contributed by atoms with van der Waals surface area (Å²) in [6.45, 7) is -0.421. The van der Waals surface area contributed by atoms with Crippen LogP contribution in [0.15, 0.2) is 78.9 Å². The molecule has 3 rings (SSSR count). The molecule has 2 N–H and O–H groups in total. The fourth-order valence-electron chi connectivity index (χ4n) is 2.93. The molecule has 0 aliphatic rings. The van der Waals surface area contributed by atoms with Gasteiger partial charge in [0.05, 0.1) is 12.2 Å². The van der Waals surface area contributed by atoms with Gasteiger partial charge in [0.25, 0.3) is 0 Å². The Labute approximate surface area is 161 Å². The molecule has 0 saturated carbocycles. The van der Waals surface area contributed by atoms with E-state index < -0.39 is 23.9 Å². The maximum Gasteiger partial charge on any atom is 0.416 e. The number of hydrogen-bond donors (Lipinski definition) is 2. The molecule has 0 aromatic heterocycles. The van der Waals surface area contributed by atoms with E-state index in [0.29, 0.717) is 11.3 Å². The van der Waals surface area contributed by atoms with E-state index in [-0.39, 0.29) is 0 Å². The van der Waals surface area contributed by atoms with Crippen LogP contribution in [0.1, 0.15) is 11.1 Å². The first-order valence-corrected chi connectivity index (χ1v) is 8.58. The molecule has 0 aliphatic heterocycles. The molecule has 0 bridgehead atoms. The second kappa shape index (κ2) is 7.79. The van der Waals surface area contributed by atoms with Crippen LogP contribution < -0.4 is 5.32 Å². The van der Waals surface area contributed by atoms with E-state index in [1.54, 1.807) is 12.1 Å². The summed E-state index contributed by atoms with van der Waals surface area (Å²) in [6.07, 6.45) is 1.28. The van der Waals surface area contributed by atoms with Gasteiger partial charge in [-0.3, -0.25) is 0 Å². The lowest BCUT2D eigenvalue weighted by atomic mass is 9.89. The van der Waals surface area contributed by atoms with Gasteiger partial charge in [-0.05, 0) is 41.0 Å². The van der Waals surface area contributed by atoms with Gasteiger partial charge in [-0.1, -0.05) is 60.5 Å². The molecule has 0 saturated heterocycles. The molecule has 0 fully saturated rings. The van der Waals surface area contributed by atoms with Crippen LogP contribution in [0.4, 0.5) is 18.9 Å². The number of aliphatic hydroxyl groups excluding tert-OH is 1. The largest absolute Gasteiger partial charge is 0.416 e. The molecule has 28 heavy (non-hydrogen) atoms. The van der Waals surface area contributed by atoms with E-state index in [1.165, 1.54) is 12.1 Å². The van der Waals surface area contributed by atoms with Gasteiger partial charge in [0, 0.05) is 5.69 Å². The fourth-order valence-corrected chi connectivity index (χ4v) is 2.93. The Morgan fingerprint density at radius 3 is 1.82 bits per heavy atom. The molecule has 142 valence electrons. The highest BCUT2D eigenvalue weighted by Crippen LogP contribution is 2.32. The van der Waals surface area contributed by atoms with Crippen LogP contribution in [0, 0.1) is 12.3 Å². The average Bonchev–Trinajstić information content (AvgIpc) is 2.73. The van der Waals surface area contributed by atoms with E-state index in [0.717, 1.165) is 23.3 Å². The first kappa shape index (κ1) is 19.5. The predicted octanol–water partition coefficient (Wildman–Crippen LogP) is 5.31. The van der Waals surface area contributed by atoms with Crippen molar-refractivity contribution in [3.63, 3.8) is 0 Å². The zero-order chi connectivity index (χ0) is 20.2. The van der Waals surface area contributed by atoms with E-state index in [1.807, 2.05) is 42.5 Å². The lowest BCUT2D eigenvalue weighted by Crippen LogP contribution is -2.37. The highest BCUT2D eigenvalue weighted by atomic mass is 19.4. The van der Waals surface area contributed by atoms with Gasteiger partial charge in [0.1, 0.15) is 5.54 Å². The molecular weight excluding hydrogens is 363 g/mol. The van der Waals surface area contributed by atoms with Crippen molar-refractivity contribution in [2.24, 2.45) is 0 Å². The first-order chi connectivity index (χ1) is 13.4. The molecule has 0 unspecified atom stereocenters. The van der Waals surface area contributed by atoms with Gasteiger partial charge in [0.2, 0.25) is 0 Å². The van der Waals surface area contributed by atoms with Crippen molar-refractivity contribution in [3.05, 3.63) is 90.0 Å². The Bertz CT molecular complexity index is 958. The van der Waals surface area contributed by atoms with Crippen molar-refractivity contribution in [2.45, 2.75) is 11.7 Å². The summed E-state index contributed by atoms with van der Waals surface area (Å²) in [5.41, 5.74) is 1.04. The zero-order valence-corrected chi connectivity index (χ0v) is 14.9. The van der Waals surface area contributed by atoms with Crippen molar-refractivity contribution in [1.29, 1.82) is 0 Å². The van der Waals surface area contributed by atoms with Gasteiger partial charge in [-0.25, -0.2) is 0 Å². The Hall–Kier alpha value is -3.23. The number of rotatable bonds is 5. The van der Waals surface area contributed by atoms with Gasteiger partial charge in [-0.15, -0.1) is 6.42 Å². The number of benzene rings is 3. The summed E-state index contributed by atoms with van der Waals surface area (Å²) in [6, 6.07) is 21.7. The number of terminal acetylenes is 1. The average molecular weight is 381 g/mol. The molecular formula is C23H18F3NO. The molecule has 1 atom stereocenters. The number of nitrogens with one attached hydrogen (secondary N) is 1. The Kier molecular flexibility index (Phi) is 5.43.